The lowest BCUT2D eigenvalue weighted by Gasteiger charge is -2.25. The molecule has 0 spiro atoms. The fraction of sp³-hybridized carbons (Fsp3) is 0.310. The van der Waals surface area contributed by atoms with E-state index in [0.29, 0.717) is 6.04 Å². The van der Waals surface area contributed by atoms with Crippen LogP contribution >= 0.6 is 0 Å². The van der Waals surface area contributed by atoms with Gasteiger partial charge in [0, 0.05) is 23.7 Å². The molecule has 3 aromatic carbocycles. The van der Waals surface area contributed by atoms with E-state index in [9.17, 15) is 0 Å². The Morgan fingerprint density at radius 3 is 2.27 bits per heavy atom. The van der Waals surface area contributed by atoms with Crippen LogP contribution in [0.2, 0.25) is 0 Å². The van der Waals surface area contributed by atoms with E-state index in [2.05, 4.69) is 55.0 Å². The van der Waals surface area contributed by atoms with E-state index in [0.717, 1.165) is 47.8 Å². The first kappa shape index (κ1) is 24.2. The molecule has 0 aliphatic carbocycles. The number of rotatable bonds is 9. The molecule has 0 bridgehead atoms. The van der Waals surface area contributed by atoms with Crippen LogP contribution in [0.15, 0.2) is 66.7 Å². The van der Waals surface area contributed by atoms with Crippen molar-refractivity contribution in [3.63, 3.8) is 0 Å². The average Bonchev–Trinajstić information content (AvgIpc) is 2.86. The van der Waals surface area contributed by atoms with Crippen molar-refractivity contribution in [3.8, 4) is 29.1 Å². The predicted molar refractivity (Wildman–Crippen MR) is 134 cm³/mol. The molecule has 0 radical (unpaired) electrons. The minimum absolute atomic E-state index is 0.342. The van der Waals surface area contributed by atoms with Gasteiger partial charge >= 0.3 is 0 Å². The lowest BCUT2D eigenvalue weighted by atomic mass is 9.99. The summed E-state index contributed by atoms with van der Waals surface area (Å²) < 4.78 is 16.3. The molecule has 1 unspecified atom stereocenters. The number of methoxy groups -OCH3 is 3. The van der Waals surface area contributed by atoms with Crippen LogP contribution in [-0.4, -0.2) is 45.9 Å². The Hall–Kier alpha value is -3.42. The summed E-state index contributed by atoms with van der Waals surface area (Å²) in [5, 5.41) is 0. The van der Waals surface area contributed by atoms with Crippen LogP contribution in [-0.2, 0) is 12.8 Å². The molecule has 4 heteroatoms. The van der Waals surface area contributed by atoms with Crippen molar-refractivity contribution in [1.82, 2.24) is 4.90 Å². The highest BCUT2D eigenvalue weighted by Gasteiger charge is 2.14. The molecule has 3 rings (SSSR count). The zero-order valence-corrected chi connectivity index (χ0v) is 20.2. The van der Waals surface area contributed by atoms with Gasteiger partial charge in [0.15, 0.2) is 11.5 Å². The molecule has 172 valence electrons. The monoisotopic (exact) mass is 443 g/mol. The molecular weight excluding hydrogens is 410 g/mol. The Labute approximate surface area is 198 Å². The van der Waals surface area contributed by atoms with E-state index in [1.165, 1.54) is 11.1 Å². The molecule has 0 amide bonds. The Morgan fingerprint density at radius 1 is 0.818 bits per heavy atom. The van der Waals surface area contributed by atoms with Gasteiger partial charge in [-0.3, -0.25) is 0 Å². The second kappa shape index (κ2) is 12.0. The van der Waals surface area contributed by atoms with Crippen LogP contribution in [0.1, 0.15) is 29.2 Å². The highest BCUT2D eigenvalue weighted by Crippen LogP contribution is 2.28. The van der Waals surface area contributed by atoms with E-state index in [-0.39, 0.29) is 0 Å². The van der Waals surface area contributed by atoms with Gasteiger partial charge in [-0.25, -0.2) is 0 Å². The van der Waals surface area contributed by atoms with Crippen molar-refractivity contribution < 1.29 is 14.2 Å². The second-order valence-electron chi connectivity index (χ2n) is 8.11. The van der Waals surface area contributed by atoms with Gasteiger partial charge in [0.05, 0.1) is 21.3 Å². The SMILES string of the molecule is COc1ccc(C#Cc2ccccc2)c(CC(C)N(C)CCc2ccc(OC)c(OC)c2)c1. The van der Waals surface area contributed by atoms with Crippen molar-refractivity contribution in [2.24, 2.45) is 0 Å². The van der Waals surface area contributed by atoms with Crippen LogP contribution in [0.5, 0.6) is 17.2 Å². The van der Waals surface area contributed by atoms with Crippen molar-refractivity contribution in [3.05, 3.63) is 89.0 Å². The van der Waals surface area contributed by atoms with E-state index in [4.69, 9.17) is 14.2 Å². The topological polar surface area (TPSA) is 30.9 Å². The molecule has 3 aromatic rings. The molecular formula is C29H33NO3. The zero-order chi connectivity index (χ0) is 23.6. The fourth-order valence-corrected chi connectivity index (χ4v) is 3.68. The smallest absolute Gasteiger partial charge is 0.160 e. The largest absolute Gasteiger partial charge is 0.497 e. The lowest BCUT2D eigenvalue weighted by molar-refractivity contribution is 0.259. The summed E-state index contributed by atoms with van der Waals surface area (Å²) in [7, 11) is 7.19. The van der Waals surface area contributed by atoms with E-state index in [1.807, 2.05) is 42.5 Å². The third kappa shape index (κ3) is 6.78. The zero-order valence-electron chi connectivity index (χ0n) is 20.2. The predicted octanol–water partition coefficient (Wildman–Crippen LogP) is 5.22. The van der Waals surface area contributed by atoms with Gasteiger partial charge < -0.3 is 19.1 Å². The number of likely N-dealkylation sites (N-methyl/N-ethyl adjacent to an activating group) is 1. The molecule has 4 nitrogen and oxygen atoms in total. The van der Waals surface area contributed by atoms with Gasteiger partial charge in [-0.05, 0) is 80.4 Å². The van der Waals surface area contributed by atoms with Crippen LogP contribution in [0.4, 0.5) is 0 Å². The summed E-state index contributed by atoms with van der Waals surface area (Å²) in [4.78, 5) is 2.38. The van der Waals surface area contributed by atoms with Gasteiger partial charge in [0.25, 0.3) is 0 Å². The van der Waals surface area contributed by atoms with Gasteiger partial charge in [0.2, 0.25) is 0 Å². The number of hydrogen-bond donors (Lipinski definition) is 0. The molecule has 0 aromatic heterocycles. The van der Waals surface area contributed by atoms with Crippen LogP contribution < -0.4 is 14.2 Å². The van der Waals surface area contributed by atoms with Gasteiger partial charge in [0.1, 0.15) is 5.75 Å². The van der Waals surface area contributed by atoms with Crippen LogP contribution in [0, 0.1) is 11.8 Å². The van der Waals surface area contributed by atoms with Gasteiger partial charge in [-0.15, -0.1) is 0 Å². The molecule has 0 saturated heterocycles. The minimum atomic E-state index is 0.342. The van der Waals surface area contributed by atoms with Crippen LogP contribution in [0.25, 0.3) is 0 Å². The first-order valence-electron chi connectivity index (χ1n) is 11.2. The fourth-order valence-electron chi connectivity index (χ4n) is 3.68. The van der Waals surface area contributed by atoms with E-state index in [1.54, 1.807) is 21.3 Å². The molecule has 0 saturated carbocycles. The summed E-state index contributed by atoms with van der Waals surface area (Å²) in [5.74, 6) is 9.02. The highest BCUT2D eigenvalue weighted by molar-refractivity contribution is 5.49. The van der Waals surface area contributed by atoms with Crippen molar-refractivity contribution in [1.29, 1.82) is 0 Å². The minimum Gasteiger partial charge on any atom is -0.497 e. The number of benzene rings is 3. The number of nitrogens with zero attached hydrogens (tertiary/aromatic N) is 1. The molecule has 33 heavy (non-hydrogen) atoms. The van der Waals surface area contributed by atoms with E-state index >= 15 is 0 Å². The van der Waals surface area contributed by atoms with Crippen molar-refractivity contribution >= 4 is 0 Å². The van der Waals surface area contributed by atoms with Crippen LogP contribution in [0.3, 0.4) is 0 Å². The molecule has 1 atom stereocenters. The third-order valence-electron chi connectivity index (χ3n) is 5.90. The summed E-state index contributed by atoms with van der Waals surface area (Å²) in [6.07, 6.45) is 1.82. The first-order valence-corrected chi connectivity index (χ1v) is 11.2. The Bertz CT molecular complexity index is 1100. The number of hydrogen-bond acceptors (Lipinski definition) is 4. The second-order valence-corrected chi connectivity index (χ2v) is 8.11. The van der Waals surface area contributed by atoms with Gasteiger partial charge in [-0.2, -0.15) is 0 Å². The Balaban J connectivity index is 1.69. The lowest BCUT2D eigenvalue weighted by Crippen LogP contribution is -2.32. The summed E-state index contributed by atoms with van der Waals surface area (Å²) in [5.41, 5.74) is 4.48. The number of ether oxygens (including phenoxy) is 3. The third-order valence-corrected chi connectivity index (χ3v) is 5.90. The maximum Gasteiger partial charge on any atom is 0.160 e. The summed E-state index contributed by atoms with van der Waals surface area (Å²) in [6, 6.07) is 22.7. The molecule has 0 fully saturated rings. The average molecular weight is 444 g/mol. The molecule has 0 heterocycles. The summed E-state index contributed by atoms with van der Waals surface area (Å²) in [6.45, 7) is 3.19. The Morgan fingerprint density at radius 2 is 1.58 bits per heavy atom. The molecule has 0 N–H and O–H groups in total. The molecule has 0 aliphatic rings. The van der Waals surface area contributed by atoms with Crippen molar-refractivity contribution in [2.45, 2.75) is 25.8 Å². The molecule has 0 aliphatic heterocycles. The summed E-state index contributed by atoms with van der Waals surface area (Å²) >= 11 is 0. The first-order chi connectivity index (χ1) is 16.0. The quantitative estimate of drug-likeness (QED) is 0.425. The van der Waals surface area contributed by atoms with E-state index < -0.39 is 0 Å². The standard InChI is InChI=1S/C29H33NO3/c1-22(30(2)18-17-24-12-16-28(32-4)29(20-24)33-5)19-26-21-27(31-3)15-14-25(26)13-11-23-9-7-6-8-10-23/h6-10,12,14-16,20-22H,17-19H2,1-5H3. The van der Waals surface area contributed by atoms with Gasteiger partial charge in [-0.1, -0.05) is 36.1 Å². The van der Waals surface area contributed by atoms with Crippen molar-refractivity contribution in [2.75, 3.05) is 34.9 Å². The highest BCUT2D eigenvalue weighted by atomic mass is 16.5. The maximum atomic E-state index is 5.48. The maximum absolute atomic E-state index is 5.48. The normalized spacial score (nSPS) is 11.5. The Kier molecular flexibility index (Phi) is 8.80.